The van der Waals surface area contributed by atoms with Gasteiger partial charge in [0.2, 0.25) is 0 Å². The molecule has 0 aliphatic carbocycles. The molecule has 21 heavy (non-hydrogen) atoms. The van der Waals surface area contributed by atoms with E-state index in [1.54, 1.807) is 13.8 Å². The Labute approximate surface area is 120 Å². The van der Waals surface area contributed by atoms with E-state index in [2.05, 4.69) is 9.99 Å². The third-order valence-electron chi connectivity index (χ3n) is 2.57. The van der Waals surface area contributed by atoms with Crippen LogP contribution in [0.25, 0.3) is 0 Å². The lowest BCUT2D eigenvalue weighted by Gasteiger charge is -2.15. The number of nitrogens with zero attached hydrogens (tertiary/aromatic N) is 1. The maximum absolute atomic E-state index is 12.5. The second-order valence-corrected chi connectivity index (χ2v) is 5.85. The Bertz CT molecular complexity index is 640. The van der Waals surface area contributed by atoms with E-state index in [0.717, 1.165) is 5.56 Å². The van der Waals surface area contributed by atoms with Gasteiger partial charge in [0.1, 0.15) is 7.11 Å². The van der Waals surface area contributed by atoms with E-state index >= 15 is 0 Å². The quantitative estimate of drug-likeness (QED) is 0.669. The van der Waals surface area contributed by atoms with E-state index in [0.29, 0.717) is 12.1 Å². The molecule has 0 radical (unpaired) electrons. The molecule has 1 rings (SSSR count). The van der Waals surface area contributed by atoms with Gasteiger partial charge in [0.25, 0.3) is 0 Å². The van der Waals surface area contributed by atoms with Crippen LogP contribution in [0.5, 0.6) is 0 Å². The van der Waals surface area contributed by atoms with Crippen LogP contribution < -0.4 is 4.72 Å². The molecule has 1 aromatic carbocycles. The van der Waals surface area contributed by atoms with Crippen LogP contribution in [-0.4, -0.2) is 26.7 Å². The molecule has 1 N–H and O–H groups in total. The summed E-state index contributed by atoms with van der Waals surface area (Å²) in [5.41, 5.74) is -4.26. The molecule has 0 aliphatic rings. The van der Waals surface area contributed by atoms with E-state index in [4.69, 9.17) is 0 Å². The smallest absolute Gasteiger partial charge is 0.399 e. The molecule has 0 saturated carbocycles. The van der Waals surface area contributed by atoms with Crippen molar-refractivity contribution in [3.8, 4) is 0 Å². The predicted octanol–water partition coefficient (Wildman–Crippen LogP) is 3.02. The zero-order valence-electron chi connectivity index (χ0n) is 11.7. The first kappa shape index (κ1) is 17.3. The maximum Gasteiger partial charge on any atom is 0.516 e. The minimum Gasteiger partial charge on any atom is -0.399 e. The Kier molecular flexibility index (Phi) is 5.21. The third-order valence-corrected chi connectivity index (χ3v) is 3.67. The van der Waals surface area contributed by atoms with Crippen LogP contribution in [0, 0.1) is 6.92 Å². The van der Waals surface area contributed by atoms with Gasteiger partial charge in [-0.3, -0.25) is 4.72 Å². The molecule has 5 nitrogen and oxygen atoms in total. The molecule has 0 aliphatic heterocycles. The van der Waals surface area contributed by atoms with Crippen molar-refractivity contribution in [2.45, 2.75) is 25.8 Å². The van der Waals surface area contributed by atoms with Crippen molar-refractivity contribution in [1.82, 2.24) is 0 Å². The number of sulfonamides is 1. The number of halogens is 3. The molecular formula is C12H15F3N2O3S. The van der Waals surface area contributed by atoms with Gasteiger partial charge >= 0.3 is 15.5 Å². The SMILES string of the molecule is CC/C(=N\OC)c1cc(C)ccc1NS(=O)(=O)C(F)(F)F. The third kappa shape index (κ3) is 4.10. The number of benzene rings is 1. The maximum atomic E-state index is 12.5. The number of oxime groups is 1. The van der Waals surface area contributed by atoms with Crippen LogP contribution >= 0.6 is 0 Å². The van der Waals surface area contributed by atoms with E-state index < -0.39 is 15.5 Å². The first-order chi connectivity index (χ1) is 9.62. The summed E-state index contributed by atoms with van der Waals surface area (Å²) in [4.78, 5) is 4.63. The standard InChI is InChI=1S/C12H15F3N2O3S/c1-4-10(16-20-3)9-7-8(2)5-6-11(9)17-21(18,19)12(13,14)15/h5-7,17H,4H2,1-3H3/b16-10+. The molecule has 0 saturated heterocycles. The van der Waals surface area contributed by atoms with Gasteiger partial charge in [-0.2, -0.15) is 21.6 Å². The highest BCUT2D eigenvalue weighted by Gasteiger charge is 2.46. The fraction of sp³-hybridized carbons (Fsp3) is 0.417. The Morgan fingerprint density at radius 2 is 2.00 bits per heavy atom. The average Bonchev–Trinajstić information content (AvgIpc) is 2.36. The molecule has 0 amide bonds. The van der Waals surface area contributed by atoms with E-state index in [1.807, 2.05) is 0 Å². The summed E-state index contributed by atoms with van der Waals surface area (Å²) in [6.45, 7) is 3.45. The van der Waals surface area contributed by atoms with E-state index in [9.17, 15) is 21.6 Å². The minimum atomic E-state index is -5.49. The average molecular weight is 324 g/mol. The zero-order valence-corrected chi connectivity index (χ0v) is 12.5. The number of rotatable bonds is 5. The molecule has 0 heterocycles. The highest BCUT2D eigenvalue weighted by molar-refractivity contribution is 7.93. The van der Waals surface area contributed by atoms with Gasteiger partial charge in [-0.1, -0.05) is 23.7 Å². The second-order valence-electron chi connectivity index (χ2n) is 4.17. The summed E-state index contributed by atoms with van der Waals surface area (Å²) >= 11 is 0. The zero-order chi connectivity index (χ0) is 16.3. The lowest BCUT2D eigenvalue weighted by molar-refractivity contribution is -0.0429. The van der Waals surface area contributed by atoms with Gasteiger partial charge in [-0.25, -0.2) is 0 Å². The van der Waals surface area contributed by atoms with Crippen molar-refractivity contribution < 1.29 is 26.4 Å². The van der Waals surface area contributed by atoms with Crippen molar-refractivity contribution in [2.75, 3.05) is 11.8 Å². The van der Waals surface area contributed by atoms with Crippen LogP contribution in [0.2, 0.25) is 0 Å². The summed E-state index contributed by atoms with van der Waals surface area (Å²) in [6.07, 6.45) is 0.359. The van der Waals surface area contributed by atoms with Crippen LogP contribution in [0.3, 0.4) is 0 Å². The largest absolute Gasteiger partial charge is 0.516 e. The van der Waals surface area contributed by atoms with Crippen molar-refractivity contribution >= 4 is 21.4 Å². The van der Waals surface area contributed by atoms with Crippen LogP contribution in [0.1, 0.15) is 24.5 Å². The molecule has 0 unspecified atom stereocenters. The number of alkyl halides is 3. The molecule has 0 spiro atoms. The van der Waals surface area contributed by atoms with Crippen LogP contribution in [-0.2, 0) is 14.9 Å². The summed E-state index contributed by atoms with van der Waals surface area (Å²) in [5.74, 6) is 0. The summed E-state index contributed by atoms with van der Waals surface area (Å²) in [5, 5.41) is 3.71. The van der Waals surface area contributed by atoms with Gasteiger partial charge < -0.3 is 4.84 Å². The van der Waals surface area contributed by atoms with Crippen LogP contribution in [0.15, 0.2) is 23.4 Å². The highest BCUT2D eigenvalue weighted by atomic mass is 32.2. The van der Waals surface area contributed by atoms with E-state index in [1.165, 1.54) is 30.0 Å². The Balaban J connectivity index is 3.36. The Morgan fingerprint density at radius 1 is 1.38 bits per heavy atom. The summed E-state index contributed by atoms with van der Waals surface area (Å²) in [7, 11) is -4.19. The molecule has 118 valence electrons. The lowest BCUT2D eigenvalue weighted by atomic mass is 10.0. The number of hydrogen-bond acceptors (Lipinski definition) is 4. The van der Waals surface area contributed by atoms with Gasteiger partial charge in [0.15, 0.2) is 0 Å². The molecular weight excluding hydrogens is 309 g/mol. The topological polar surface area (TPSA) is 67.8 Å². The molecule has 0 aromatic heterocycles. The van der Waals surface area contributed by atoms with Crippen molar-refractivity contribution in [3.05, 3.63) is 29.3 Å². The predicted molar refractivity (Wildman–Crippen MR) is 73.6 cm³/mol. The van der Waals surface area contributed by atoms with Crippen molar-refractivity contribution in [2.24, 2.45) is 5.16 Å². The number of aryl methyl sites for hydroxylation is 1. The van der Waals surface area contributed by atoms with Gasteiger partial charge in [0.05, 0.1) is 11.4 Å². The van der Waals surface area contributed by atoms with Crippen molar-refractivity contribution in [1.29, 1.82) is 0 Å². The highest BCUT2D eigenvalue weighted by Crippen LogP contribution is 2.28. The first-order valence-corrected chi connectivity index (χ1v) is 7.40. The van der Waals surface area contributed by atoms with E-state index in [-0.39, 0.29) is 11.3 Å². The number of hydrogen-bond donors (Lipinski definition) is 1. The number of nitrogens with one attached hydrogen (secondary N) is 1. The lowest BCUT2D eigenvalue weighted by Crippen LogP contribution is -2.30. The molecule has 0 atom stereocenters. The molecule has 1 aromatic rings. The fourth-order valence-corrected chi connectivity index (χ4v) is 2.19. The monoisotopic (exact) mass is 324 g/mol. The molecule has 0 bridgehead atoms. The second kappa shape index (κ2) is 6.33. The fourth-order valence-electron chi connectivity index (χ4n) is 1.60. The first-order valence-electron chi connectivity index (χ1n) is 5.92. The van der Waals surface area contributed by atoms with Gasteiger partial charge in [-0.15, -0.1) is 0 Å². The van der Waals surface area contributed by atoms with Gasteiger partial charge in [0, 0.05) is 5.56 Å². The molecule has 9 heteroatoms. The summed E-state index contributed by atoms with van der Waals surface area (Å²) < 4.78 is 61.3. The minimum absolute atomic E-state index is 0.199. The normalized spacial score (nSPS) is 13.1. The summed E-state index contributed by atoms with van der Waals surface area (Å²) in [6, 6.07) is 4.29. The number of anilines is 1. The Morgan fingerprint density at radius 3 is 2.48 bits per heavy atom. The van der Waals surface area contributed by atoms with Crippen molar-refractivity contribution in [3.63, 3.8) is 0 Å². The van der Waals surface area contributed by atoms with Gasteiger partial charge in [-0.05, 0) is 25.5 Å². The van der Waals surface area contributed by atoms with Crippen LogP contribution in [0.4, 0.5) is 18.9 Å². The Hall–Kier alpha value is -1.77. The molecule has 0 fully saturated rings.